The summed E-state index contributed by atoms with van der Waals surface area (Å²) < 4.78 is 6.41. The van der Waals surface area contributed by atoms with E-state index < -0.39 is 5.41 Å². The number of hydrogen-bond acceptors (Lipinski definition) is 1. The molecule has 8 aromatic rings. The average molecular weight is 611 g/mol. The van der Waals surface area contributed by atoms with Gasteiger partial charge in [0.2, 0.25) is 0 Å². The van der Waals surface area contributed by atoms with Gasteiger partial charge >= 0.3 is 0 Å². The zero-order valence-electron chi connectivity index (χ0n) is 26.2. The number of benzene rings is 8. The quantitative estimate of drug-likeness (QED) is 0.193. The molecule has 0 N–H and O–H groups in total. The summed E-state index contributed by atoms with van der Waals surface area (Å²) in [5.41, 5.74) is 14.5. The third kappa shape index (κ3) is 3.79. The highest BCUT2D eigenvalue weighted by molar-refractivity contribution is 6.04. The molecule has 48 heavy (non-hydrogen) atoms. The van der Waals surface area contributed by atoms with E-state index in [4.69, 9.17) is 4.74 Å². The third-order valence-corrected chi connectivity index (χ3v) is 10.3. The fourth-order valence-electron chi connectivity index (χ4n) is 8.34. The lowest BCUT2D eigenvalue weighted by Gasteiger charge is -2.34. The van der Waals surface area contributed by atoms with Gasteiger partial charge in [-0.1, -0.05) is 158 Å². The Morgan fingerprint density at radius 2 is 0.958 bits per heavy atom. The van der Waals surface area contributed by atoms with Gasteiger partial charge in [-0.05, 0) is 90.8 Å². The Bertz CT molecular complexity index is 2480. The highest BCUT2D eigenvalue weighted by Gasteiger charge is 2.46. The Labute approximate surface area is 280 Å². The van der Waals surface area contributed by atoms with Gasteiger partial charge in [-0.25, -0.2) is 0 Å². The SMILES string of the molecule is c1ccc(C2(c3ccccc3)c3ccccc3-c3c(-c4cccc(-c5ccc6c(c5)-c5cccc7cccc(c57)O6)c4)cccc32)cc1. The fraction of sp³-hybridized carbons (Fsp3) is 0.0213. The van der Waals surface area contributed by atoms with Crippen molar-refractivity contribution in [3.63, 3.8) is 0 Å². The summed E-state index contributed by atoms with van der Waals surface area (Å²) in [6.07, 6.45) is 0. The van der Waals surface area contributed by atoms with Gasteiger partial charge in [-0.3, -0.25) is 0 Å². The van der Waals surface area contributed by atoms with Crippen molar-refractivity contribution in [2.75, 3.05) is 0 Å². The number of fused-ring (bicyclic) bond motifs is 5. The lowest BCUT2D eigenvalue weighted by atomic mass is 9.67. The molecular formula is C47H30O. The second-order valence-electron chi connectivity index (χ2n) is 12.8. The smallest absolute Gasteiger partial charge is 0.135 e. The van der Waals surface area contributed by atoms with Crippen molar-refractivity contribution >= 4 is 10.8 Å². The molecule has 8 aromatic carbocycles. The largest absolute Gasteiger partial charge is 0.456 e. The molecule has 0 saturated carbocycles. The lowest BCUT2D eigenvalue weighted by molar-refractivity contribution is 0.487. The molecule has 224 valence electrons. The number of ether oxygens (including phenoxy) is 1. The first kappa shape index (κ1) is 27.0. The summed E-state index contributed by atoms with van der Waals surface area (Å²) in [5, 5.41) is 2.38. The normalized spacial score (nSPS) is 13.3. The molecule has 0 fully saturated rings. The van der Waals surface area contributed by atoms with Gasteiger partial charge in [0.1, 0.15) is 11.5 Å². The fourth-order valence-corrected chi connectivity index (χ4v) is 8.34. The van der Waals surface area contributed by atoms with Gasteiger partial charge in [-0.15, -0.1) is 0 Å². The molecule has 2 aliphatic rings. The molecule has 1 heterocycles. The van der Waals surface area contributed by atoms with E-state index in [1.807, 2.05) is 0 Å². The molecule has 0 spiro atoms. The van der Waals surface area contributed by atoms with E-state index in [0.717, 1.165) is 17.1 Å². The summed E-state index contributed by atoms with van der Waals surface area (Å²) in [5.74, 6) is 1.82. The zero-order chi connectivity index (χ0) is 31.7. The van der Waals surface area contributed by atoms with Crippen LogP contribution in [0.15, 0.2) is 182 Å². The van der Waals surface area contributed by atoms with Crippen LogP contribution in [0.5, 0.6) is 11.5 Å². The molecule has 0 unspecified atom stereocenters. The molecule has 10 rings (SSSR count). The van der Waals surface area contributed by atoms with Crippen molar-refractivity contribution in [3.05, 3.63) is 204 Å². The highest BCUT2D eigenvalue weighted by atomic mass is 16.5. The maximum atomic E-state index is 6.41. The Morgan fingerprint density at radius 3 is 1.77 bits per heavy atom. The maximum Gasteiger partial charge on any atom is 0.135 e. The van der Waals surface area contributed by atoms with E-state index >= 15 is 0 Å². The van der Waals surface area contributed by atoms with Crippen LogP contribution < -0.4 is 4.74 Å². The second kappa shape index (κ2) is 10.4. The van der Waals surface area contributed by atoms with Crippen LogP contribution in [0.2, 0.25) is 0 Å². The summed E-state index contributed by atoms with van der Waals surface area (Å²) in [6, 6.07) is 66.3. The number of rotatable bonds is 4. The molecule has 0 saturated heterocycles. The summed E-state index contributed by atoms with van der Waals surface area (Å²) in [7, 11) is 0. The molecule has 0 radical (unpaired) electrons. The maximum absolute atomic E-state index is 6.41. The summed E-state index contributed by atoms with van der Waals surface area (Å²) >= 11 is 0. The molecule has 1 aliphatic carbocycles. The molecular weight excluding hydrogens is 581 g/mol. The van der Waals surface area contributed by atoms with Crippen LogP contribution in [0.3, 0.4) is 0 Å². The molecule has 1 nitrogen and oxygen atoms in total. The van der Waals surface area contributed by atoms with Crippen LogP contribution in [-0.4, -0.2) is 0 Å². The van der Waals surface area contributed by atoms with Crippen molar-refractivity contribution < 1.29 is 4.74 Å². The Kier molecular flexibility index (Phi) is 5.86. The van der Waals surface area contributed by atoms with Gasteiger partial charge in [-0.2, -0.15) is 0 Å². The van der Waals surface area contributed by atoms with Crippen LogP contribution in [0.25, 0.3) is 55.3 Å². The number of hydrogen-bond donors (Lipinski definition) is 0. The molecule has 0 amide bonds. The highest BCUT2D eigenvalue weighted by Crippen LogP contribution is 2.58. The van der Waals surface area contributed by atoms with Crippen LogP contribution >= 0.6 is 0 Å². The van der Waals surface area contributed by atoms with Gasteiger partial charge in [0.15, 0.2) is 0 Å². The predicted octanol–water partition coefficient (Wildman–Crippen LogP) is 12.3. The minimum absolute atomic E-state index is 0.419. The Balaban J connectivity index is 1.16. The van der Waals surface area contributed by atoms with Crippen LogP contribution in [0.4, 0.5) is 0 Å². The third-order valence-electron chi connectivity index (χ3n) is 10.3. The molecule has 0 aromatic heterocycles. The van der Waals surface area contributed by atoms with Gasteiger partial charge in [0.05, 0.1) is 5.41 Å². The standard InChI is InChI=1S/C47H30O/c1-3-17-35(18-4-1)47(36-19-5-2-6-20-36)41-24-8-7-21-39(41)46-37(22-12-25-42(46)47)34-16-9-15-32(29-34)33-27-28-43-40(30-33)38-23-10-13-31-14-11-26-44(48-43)45(31)38/h1-30H. The first-order chi connectivity index (χ1) is 23.8. The monoisotopic (exact) mass is 610 g/mol. The van der Waals surface area contributed by atoms with Crippen LogP contribution in [0, 0.1) is 0 Å². The predicted molar refractivity (Wildman–Crippen MR) is 198 cm³/mol. The van der Waals surface area contributed by atoms with Gasteiger partial charge in [0.25, 0.3) is 0 Å². The zero-order valence-corrected chi connectivity index (χ0v) is 26.2. The van der Waals surface area contributed by atoms with E-state index in [1.54, 1.807) is 0 Å². The van der Waals surface area contributed by atoms with Crippen LogP contribution in [0.1, 0.15) is 22.3 Å². The summed E-state index contributed by atoms with van der Waals surface area (Å²) in [4.78, 5) is 0. The van der Waals surface area contributed by atoms with Gasteiger partial charge in [0, 0.05) is 10.9 Å². The lowest BCUT2D eigenvalue weighted by Crippen LogP contribution is -2.28. The van der Waals surface area contributed by atoms with Crippen LogP contribution in [-0.2, 0) is 5.41 Å². The minimum Gasteiger partial charge on any atom is -0.456 e. The van der Waals surface area contributed by atoms with E-state index in [-0.39, 0.29) is 0 Å². The first-order valence-corrected chi connectivity index (χ1v) is 16.6. The van der Waals surface area contributed by atoms with Crippen molar-refractivity contribution in [2.24, 2.45) is 0 Å². The minimum atomic E-state index is -0.419. The molecule has 1 aliphatic heterocycles. The van der Waals surface area contributed by atoms with Crippen molar-refractivity contribution in [3.8, 4) is 56.0 Å². The molecule has 0 bridgehead atoms. The van der Waals surface area contributed by atoms with E-state index in [0.29, 0.717) is 0 Å². The van der Waals surface area contributed by atoms with Crippen molar-refractivity contribution in [1.29, 1.82) is 0 Å². The summed E-state index contributed by atoms with van der Waals surface area (Å²) in [6.45, 7) is 0. The average Bonchev–Trinajstić information content (AvgIpc) is 3.47. The molecule has 0 atom stereocenters. The van der Waals surface area contributed by atoms with Gasteiger partial charge < -0.3 is 4.74 Å². The van der Waals surface area contributed by atoms with E-state index in [2.05, 4.69) is 182 Å². The Hall–Kier alpha value is -6.18. The molecule has 1 heteroatoms. The first-order valence-electron chi connectivity index (χ1n) is 16.6. The topological polar surface area (TPSA) is 9.23 Å². The second-order valence-corrected chi connectivity index (χ2v) is 12.8. The van der Waals surface area contributed by atoms with E-state index in [9.17, 15) is 0 Å². The van der Waals surface area contributed by atoms with E-state index in [1.165, 1.54) is 72.0 Å². The van der Waals surface area contributed by atoms with Crippen molar-refractivity contribution in [2.45, 2.75) is 5.41 Å². The Morgan fingerprint density at radius 1 is 0.354 bits per heavy atom. The van der Waals surface area contributed by atoms with Crippen molar-refractivity contribution in [1.82, 2.24) is 0 Å².